The van der Waals surface area contributed by atoms with E-state index in [9.17, 15) is 20.2 Å². The third-order valence-corrected chi connectivity index (χ3v) is 2.56. The molecular weight excluding hydrogens is 280 g/mol. The van der Waals surface area contributed by atoms with Crippen molar-refractivity contribution in [3.8, 4) is 0 Å². The van der Waals surface area contributed by atoms with E-state index in [0.29, 0.717) is 5.69 Å². The van der Waals surface area contributed by atoms with Crippen molar-refractivity contribution < 1.29 is 9.85 Å². The lowest BCUT2D eigenvalue weighted by Gasteiger charge is -2.08. The molecule has 2 N–H and O–H groups in total. The van der Waals surface area contributed by atoms with Crippen molar-refractivity contribution in [3.63, 3.8) is 0 Å². The molecule has 1 aromatic heterocycles. The van der Waals surface area contributed by atoms with Gasteiger partial charge in [0, 0.05) is 24.9 Å². The first-order valence-corrected chi connectivity index (χ1v) is 5.71. The molecule has 10 nitrogen and oxygen atoms in total. The molecule has 0 spiro atoms. The van der Waals surface area contributed by atoms with Gasteiger partial charge in [-0.2, -0.15) is 0 Å². The van der Waals surface area contributed by atoms with Crippen LogP contribution in [-0.2, 0) is 0 Å². The van der Waals surface area contributed by atoms with Crippen LogP contribution in [0, 0.1) is 20.2 Å². The van der Waals surface area contributed by atoms with Crippen LogP contribution in [0.5, 0.6) is 0 Å². The molecule has 0 aliphatic heterocycles. The predicted molar refractivity (Wildman–Crippen MR) is 74.6 cm³/mol. The molecule has 0 radical (unpaired) electrons. The molecule has 0 bridgehead atoms. The number of nitrogens with zero attached hydrogens (tertiary/aromatic N) is 4. The van der Waals surface area contributed by atoms with Crippen LogP contribution in [-0.4, -0.2) is 26.9 Å². The van der Waals surface area contributed by atoms with Crippen LogP contribution in [0.4, 0.5) is 28.7 Å². The van der Waals surface area contributed by atoms with Crippen LogP contribution in [0.15, 0.2) is 30.6 Å². The van der Waals surface area contributed by atoms with Gasteiger partial charge >= 0.3 is 5.69 Å². The molecule has 10 heteroatoms. The predicted octanol–water partition coefficient (Wildman–Crippen LogP) is 2.08. The van der Waals surface area contributed by atoms with E-state index < -0.39 is 9.85 Å². The largest absolute Gasteiger partial charge is 0.367 e. The standard InChI is InChI=1S/C11H10N6O4/c1-12-10-9(17(20)21)11(14-6-13-10)15-7-3-2-4-8(5-7)16(18)19/h2-6H,1H3,(H2,12,13,14,15). The minimum Gasteiger partial charge on any atom is -0.367 e. The molecular formula is C11H10N6O4. The Kier molecular flexibility index (Phi) is 3.88. The van der Waals surface area contributed by atoms with Gasteiger partial charge in [0.25, 0.3) is 5.69 Å². The normalized spacial score (nSPS) is 9.95. The smallest absolute Gasteiger partial charge is 0.353 e. The number of benzene rings is 1. The third-order valence-electron chi connectivity index (χ3n) is 2.56. The van der Waals surface area contributed by atoms with Gasteiger partial charge < -0.3 is 10.6 Å². The highest BCUT2D eigenvalue weighted by Gasteiger charge is 2.22. The van der Waals surface area contributed by atoms with Gasteiger partial charge in [0.2, 0.25) is 11.6 Å². The lowest BCUT2D eigenvalue weighted by molar-refractivity contribution is -0.384. The number of anilines is 3. The molecule has 1 aromatic carbocycles. The van der Waals surface area contributed by atoms with Crippen LogP contribution in [0.3, 0.4) is 0 Å². The average molecular weight is 290 g/mol. The molecule has 0 aliphatic carbocycles. The molecule has 0 atom stereocenters. The van der Waals surface area contributed by atoms with Crippen LogP contribution >= 0.6 is 0 Å². The zero-order valence-electron chi connectivity index (χ0n) is 10.8. The first-order chi connectivity index (χ1) is 10.0. The minimum atomic E-state index is -0.633. The van der Waals surface area contributed by atoms with Gasteiger partial charge in [-0.25, -0.2) is 9.97 Å². The number of hydrogen-bond donors (Lipinski definition) is 2. The van der Waals surface area contributed by atoms with Gasteiger partial charge in [-0.1, -0.05) is 6.07 Å². The second-order valence-corrected chi connectivity index (χ2v) is 3.86. The van der Waals surface area contributed by atoms with Crippen molar-refractivity contribution in [2.24, 2.45) is 0 Å². The topological polar surface area (TPSA) is 136 Å². The Hall–Kier alpha value is -3.30. The maximum Gasteiger partial charge on any atom is 0.353 e. The fraction of sp³-hybridized carbons (Fsp3) is 0.0909. The summed E-state index contributed by atoms with van der Waals surface area (Å²) in [5.41, 5.74) is -0.162. The van der Waals surface area contributed by atoms with E-state index in [0.717, 1.165) is 6.33 Å². The summed E-state index contributed by atoms with van der Waals surface area (Å²) in [6, 6.07) is 5.58. The number of hydrogen-bond acceptors (Lipinski definition) is 8. The van der Waals surface area contributed by atoms with E-state index in [4.69, 9.17) is 0 Å². The molecule has 2 aromatic rings. The third kappa shape index (κ3) is 3.00. The fourth-order valence-corrected chi connectivity index (χ4v) is 1.66. The molecule has 0 saturated carbocycles. The van der Waals surface area contributed by atoms with Gasteiger partial charge in [-0.3, -0.25) is 20.2 Å². The van der Waals surface area contributed by atoms with E-state index in [2.05, 4.69) is 20.6 Å². The van der Waals surface area contributed by atoms with Gasteiger partial charge in [0.1, 0.15) is 6.33 Å². The molecule has 2 rings (SSSR count). The molecule has 1 heterocycles. The summed E-state index contributed by atoms with van der Waals surface area (Å²) in [5.74, 6) is -0.0113. The Bertz CT molecular complexity index is 705. The molecule has 0 unspecified atom stereocenters. The summed E-state index contributed by atoms with van der Waals surface area (Å²) in [6.07, 6.45) is 1.15. The highest BCUT2D eigenvalue weighted by Crippen LogP contribution is 2.31. The van der Waals surface area contributed by atoms with E-state index in [1.54, 1.807) is 0 Å². The van der Waals surface area contributed by atoms with Gasteiger partial charge in [-0.15, -0.1) is 0 Å². The average Bonchev–Trinajstić information content (AvgIpc) is 2.46. The SMILES string of the molecule is CNc1ncnc(Nc2cccc([N+](=O)[O-])c2)c1[N+](=O)[O-]. The Morgan fingerprint density at radius 2 is 1.81 bits per heavy atom. The zero-order chi connectivity index (χ0) is 15.4. The van der Waals surface area contributed by atoms with Crippen LogP contribution in [0.2, 0.25) is 0 Å². The summed E-state index contributed by atoms with van der Waals surface area (Å²) in [7, 11) is 1.49. The zero-order valence-corrected chi connectivity index (χ0v) is 10.8. The van der Waals surface area contributed by atoms with Crippen LogP contribution < -0.4 is 10.6 Å². The van der Waals surface area contributed by atoms with Gasteiger partial charge in [-0.05, 0) is 6.07 Å². The van der Waals surface area contributed by atoms with Crippen molar-refractivity contribution in [2.45, 2.75) is 0 Å². The van der Waals surface area contributed by atoms with Crippen molar-refractivity contribution in [1.82, 2.24) is 9.97 Å². The number of nitro benzene ring substituents is 1. The number of nitrogens with one attached hydrogen (secondary N) is 2. The Morgan fingerprint density at radius 1 is 1.10 bits per heavy atom. The maximum absolute atomic E-state index is 11.1. The van der Waals surface area contributed by atoms with E-state index in [-0.39, 0.29) is 23.0 Å². The number of nitro groups is 2. The number of non-ortho nitro benzene ring substituents is 1. The molecule has 0 saturated heterocycles. The van der Waals surface area contributed by atoms with Crippen molar-refractivity contribution in [3.05, 3.63) is 50.8 Å². The van der Waals surface area contributed by atoms with Crippen LogP contribution in [0.25, 0.3) is 0 Å². The lowest BCUT2D eigenvalue weighted by Crippen LogP contribution is -2.05. The van der Waals surface area contributed by atoms with Gasteiger partial charge in [0.15, 0.2) is 0 Å². The summed E-state index contributed by atoms with van der Waals surface area (Å²) in [4.78, 5) is 28.2. The minimum absolute atomic E-state index is 0.0444. The van der Waals surface area contributed by atoms with Gasteiger partial charge in [0.05, 0.1) is 9.85 Å². The molecule has 0 fully saturated rings. The Balaban J connectivity index is 2.42. The monoisotopic (exact) mass is 290 g/mol. The molecule has 0 amide bonds. The molecule has 21 heavy (non-hydrogen) atoms. The summed E-state index contributed by atoms with van der Waals surface area (Å²) in [6.45, 7) is 0. The Labute approximate surface area is 118 Å². The highest BCUT2D eigenvalue weighted by atomic mass is 16.6. The first-order valence-electron chi connectivity index (χ1n) is 5.71. The van der Waals surface area contributed by atoms with Crippen molar-refractivity contribution in [2.75, 3.05) is 17.7 Å². The van der Waals surface area contributed by atoms with Crippen molar-refractivity contribution >= 4 is 28.7 Å². The second-order valence-electron chi connectivity index (χ2n) is 3.86. The Morgan fingerprint density at radius 3 is 2.43 bits per heavy atom. The van der Waals surface area contributed by atoms with E-state index in [1.165, 1.54) is 31.3 Å². The summed E-state index contributed by atoms with van der Waals surface area (Å²) in [5, 5.41) is 27.1. The first kappa shape index (κ1) is 14.1. The highest BCUT2D eigenvalue weighted by molar-refractivity contribution is 5.74. The molecule has 0 aliphatic rings. The van der Waals surface area contributed by atoms with E-state index in [1.807, 2.05) is 0 Å². The lowest BCUT2D eigenvalue weighted by atomic mass is 10.3. The maximum atomic E-state index is 11.1. The summed E-state index contributed by atoms with van der Waals surface area (Å²) < 4.78 is 0. The second kappa shape index (κ2) is 5.77. The summed E-state index contributed by atoms with van der Waals surface area (Å²) >= 11 is 0. The fourth-order valence-electron chi connectivity index (χ4n) is 1.66. The quantitative estimate of drug-likeness (QED) is 0.630. The van der Waals surface area contributed by atoms with Crippen LogP contribution in [0.1, 0.15) is 0 Å². The number of aromatic nitrogens is 2. The van der Waals surface area contributed by atoms with E-state index >= 15 is 0 Å². The number of rotatable bonds is 5. The van der Waals surface area contributed by atoms with Crippen molar-refractivity contribution in [1.29, 1.82) is 0 Å². The molecule has 108 valence electrons.